The van der Waals surface area contributed by atoms with E-state index in [0.717, 1.165) is 29.8 Å². The summed E-state index contributed by atoms with van der Waals surface area (Å²) in [6.45, 7) is 3.04. The van der Waals surface area contributed by atoms with Gasteiger partial charge in [-0.2, -0.15) is 5.10 Å². The van der Waals surface area contributed by atoms with E-state index >= 15 is 0 Å². The van der Waals surface area contributed by atoms with Crippen molar-refractivity contribution < 1.29 is 0 Å². The summed E-state index contributed by atoms with van der Waals surface area (Å²) in [5.41, 5.74) is 0.860. The number of hydrogen-bond donors (Lipinski definition) is 1. The second-order valence-electron chi connectivity index (χ2n) is 3.15. The molecule has 0 saturated heterocycles. The molecule has 0 aliphatic heterocycles. The quantitative estimate of drug-likeness (QED) is 0.791. The highest BCUT2D eigenvalue weighted by atomic mass is 15.3. The van der Waals surface area contributed by atoms with Gasteiger partial charge in [0.1, 0.15) is 12.1 Å². The Morgan fingerprint density at radius 3 is 3.07 bits per heavy atom. The van der Waals surface area contributed by atoms with Crippen molar-refractivity contribution in [2.75, 3.05) is 11.9 Å². The van der Waals surface area contributed by atoms with Gasteiger partial charge in [0.05, 0.1) is 11.6 Å². The average molecular weight is 191 g/mol. The maximum atomic E-state index is 4.18. The zero-order valence-corrected chi connectivity index (χ0v) is 8.36. The second kappa shape index (κ2) is 3.61. The molecule has 0 spiro atoms. The number of nitrogens with one attached hydrogen (secondary N) is 1. The molecular weight excluding hydrogens is 178 g/mol. The standard InChI is InChI=1S/C9H13N5/c1-3-4-10-8-7-5-13-14(2)9(7)12-6-11-8/h5-6H,3-4H2,1-2H3,(H,10,11,12). The molecule has 2 rings (SSSR count). The Labute approximate surface area is 82.2 Å². The van der Waals surface area contributed by atoms with Crippen molar-refractivity contribution in [2.45, 2.75) is 13.3 Å². The molecule has 5 heteroatoms. The van der Waals surface area contributed by atoms with Crippen molar-refractivity contribution in [3.63, 3.8) is 0 Å². The van der Waals surface area contributed by atoms with Gasteiger partial charge < -0.3 is 5.32 Å². The van der Waals surface area contributed by atoms with Gasteiger partial charge in [0, 0.05) is 13.6 Å². The normalized spacial score (nSPS) is 10.7. The Morgan fingerprint density at radius 1 is 1.43 bits per heavy atom. The average Bonchev–Trinajstić information content (AvgIpc) is 2.58. The van der Waals surface area contributed by atoms with E-state index < -0.39 is 0 Å². The molecule has 14 heavy (non-hydrogen) atoms. The van der Waals surface area contributed by atoms with Gasteiger partial charge in [-0.15, -0.1) is 0 Å². The fraction of sp³-hybridized carbons (Fsp3) is 0.444. The van der Waals surface area contributed by atoms with Crippen LogP contribution in [0.1, 0.15) is 13.3 Å². The fourth-order valence-electron chi connectivity index (χ4n) is 1.35. The van der Waals surface area contributed by atoms with Crippen LogP contribution in [0.2, 0.25) is 0 Å². The Hall–Kier alpha value is -1.65. The molecule has 0 fully saturated rings. The third kappa shape index (κ3) is 1.41. The summed E-state index contributed by atoms with van der Waals surface area (Å²) in [5.74, 6) is 0.866. The molecule has 0 unspecified atom stereocenters. The number of nitrogens with zero attached hydrogens (tertiary/aromatic N) is 4. The minimum absolute atomic E-state index is 0.860. The van der Waals surface area contributed by atoms with Gasteiger partial charge in [-0.25, -0.2) is 9.97 Å². The molecule has 0 amide bonds. The van der Waals surface area contributed by atoms with Gasteiger partial charge in [0.2, 0.25) is 0 Å². The maximum Gasteiger partial charge on any atom is 0.163 e. The summed E-state index contributed by atoms with van der Waals surface area (Å²) in [4.78, 5) is 8.34. The van der Waals surface area contributed by atoms with Gasteiger partial charge in [-0.05, 0) is 6.42 Å². The molecular formula is C9H13N5. The van der Waals surface area contributed by atoms with Crippen LogP contribution in [-0.2, 0) is 7.05 Å². The molecule has 2 aromatic rings. The summed E-state index contributed by atoms with van der Waals surface area (Å²) >= 11 is 0. The van der Waals surface area contributed by atoms with Crippen molar-refractivity contribution >= 4 is 16.9 Å². The van der Waals surface area contributed by atoms with E-state index in [9.17, 15) is 0 Å². The van der Waals surface area contributed by atoms with Gasteiger partial charge >= 0.3 is 0 Å². The number of anilines is 1. The zero-order chi connectivity index (χ0) is 9.97. The highest BCUT2D eigenvalue weighted by Crippen LogP contribution is 2.17. The fourth-order valence-corrected chi connectivity index (χ4v) is 1.35. The number of fused-ring (bicyclic) bond motifs is 1. The Kier molecular flexibility index (Phi) is 2.30. The van der Waals surface area contributed by atoms with Crippen molar-refractivity contribution in [2.24, 2.45) is 7.05 Å². The molecule has 0 aromatic carbocycles. The topological polar surface area (TPSA) is 55.6 Å². The van der Waals surface area contributed by atoms with E-state index in [4.69, 9.17) is 0 Å². The molecule has 2 heterocycles. The lowest BCUT2D eigenvalue weighted by molar-refractivity contribution is 0.785. The highest BCUT2D eigenvalue weighted by Gasteiger charge is 2.05. The lowest BCUT2D eigenvalue weighted by Crippen LogP contribution is -2.02. The van der Waals surface area contributed by atoms with Crippen LogP contribution in [0.4, 0.5) is 5.82 Å². The van der Waals surface area contributed by atoms with E-state index in [0.29, 0.717) is 0 Å². The minimum atomic E-state index is 0.860. The number of aromatic nitrogens is 4. The molecule has 0 aliphatic carbocycles. The third-order valence-corrected chi connectivity index (χ3v) is 2.07. The van der Waals surface area contributed by atoms with Crippen molar-refractivity contribution in [3.05, 3.63) is 12.5 Å². The summed E-state index contributed by atoms with van der Waals surface area (Å²) in [5, 5.41) is 8.36. The predicted molar refractivity (Wildman–Crippen MR) is 55.1 cm³/mol. The van der Waals surface area contributed by atoms with E-state index in [2.05, 4.69) is 27.3 Å². The first kappa shape index (κ1) is 8.93. The van der Waals surface area contributed by atoms with Crippen LogP contribution < -0.4 is 5.32 Å². The minimum Gasteiger partial charge on any atom is -0.369 e. The highest BCUT2D eigenvalue weighted by molar-refractivity contribution is 5.85. The first-order valence-corrected chi connectivity index (χ1v) is 4.69. The molecule has 0 saturated carbocycles. The largest absolute Gasteiger partial charge is 0.369 e. The first-order chi connectivity index (χ1) is 6.83. The van der Waals surface area contributed by atoms with Crippen LogP contribution in [0.25, 0.3) is 11.0 Å². The van der Waals surface area contributed by atoms with Crippen LogP contribution >= 0.6 is 0 Å². The monoisotopic (exact) mass is 191 g/mol. The molecule has 0 aliphatic rings. The molecule has 1 N–H and O–H groups in total. The second-order valence-corrected chi connectivity index (χ2v) is 3.15. The third-order valence-electron chi connectivity index (χ3n) is 2.07. The van der Waals surface area contributed by atoms with E-state index in [1.54, 1.807) is 17.2 Å². The lowest BCUT2D eigenvalue weighted by Gasteiger charge is -2.03. The SMILES string of the molecule is CCCNc1ncnc2c1cnn2C. The Balaban J connectivity index is 2.44. The van der Waals surface area contributed by atoms with Gasteiger partial charge in [0.25, 0.3) is 0 Å². The molecule has 2 aromatic heterocycles. The predicted octanol–water partition coefficient (Wildman–Crippen LogP) is 1.19. The van der Waals surface area contributed by atoms with E-state index in [1.165, 1.54) is 0 Å². The van der Waals surface area contributed by atoms with E-state index in [1.807, 2.05) is 7.05 Å². The summed E-state index contributed by atoms with van der Waals surface area (Å²) in [6, 6.07) is 0. The Bertz CT molecular complexity index is 434. The van der Waals surface area contributed by atoms with Crippen LogP contribution in [0.3, 0.4) is 0 Å². The van der Waals surface area contributed by atoms with Gasteiger partial charge in [-0.1, -0.05) is 6.92 Å². The summed E-state index contributed by atoms with van der Waals surface area (Å²) < 4.78 is 1.74. The van der Waals surface area contributed by atoms with Crippen molar-refractivity contribution in [1.82, 2.24) is 19.7 Å². The maximum absolute atomic E-state index is 4.18. The van der Waals surface area contributed by atoms with Crippen LogP contribution in [0, 0.1) is 0 Å². The smallest absolute Gasteiger partial charge is 0.163 e. The molecule has 0 radical (unpaired) electrons. The van der Waals surface area contributed by atoms with Crippen LogP contribution in [0.15, 0.2) is 12.5 Å². The number of hydrogen-bond acceptors (Lipinski definition) is 4. The van der Waals surface area contributed by atoms with E-state index in [-0.39, 0.29) is 0 Å². The number of aryl methyl sites for hydroxylation is 1. The Morgan fingerprint density at radius 2 is 2.29 bits per heavy atom. The lowest BCUT2D eigenvalue weighted by atomic mass is 10.4. The molecule has 74 valence electrons. The van der Waals surface area contributed by atoms with Crippen molar-refractivity contribution in [1.29, 1.82) is 0 Å². The number of rotatable bonds is 3. The first-order valence-electron chi connectivity index (χ1n) is 4.69. The summed E-state index contributed by atoms with van der Waals surface area (Å²) in [7, 11) is 1.87. The van der Waals surface area contributed by atoms with Crippen LogP contribution in [0.5, 0.6) is 0 Å². The molecule has 0 atom stereocenters. The zero-order valence-electron chi connectivity index (χ0n) is 8.36. The van der Waals surface area contributed by atoms with Crippen molar-refractivity contribution in [3.8, 4) is 0 Å². The molecule has 0 bridgehead atoms. The van der Waals surface area contributed by atoms with Crippen LogP contribution in [-0.4, -0.2) is 26.3 Å². The summed E-state index contributed by atoms with van der Waals surface area (Å²) in [6.07, 6.45) is 4.42. The molecule has 5 nitrogen and oxygen atoms in total. The van der Waals surface area contributed by atoms with Gasteiger partial charge in [0.15, 0.2) is 5.65 Å². The van der Waals surface area contributed by atoms with Gasteiger partial charge in [-0.3, -0.25) is 4.68 Å².